The first-order valence-corrected chi connectivity index (χ1v) is 17.9. The second-order valence-corrected chi connectivity index (χ2v) is 14.0. The largest absolute Gasteiger partial charge is 0.455 e. The molecule has 1 unspecified atom stereocenters. The van der Waals surface area contributed by atoms with Gasteiger partial charge in [-0.25, -0.2) is 4.99 Å². The van der Waals surface area contributed by atoms with E-state index in [1.54, 1.807) is 0 Å². The van der Waals surface area contributed by atoms with E-state index in [0.717, 1.165) is 55.5 Å². The number of thiophene rings is 1. The number of hydrogen-bond acceptors (Lipinski definition) is 5. The van der Waals surface area contributed by atoms with Crippen molar-refractivity contribution in [2.75, 3.05) is 0 Å². The van der Waals surface area contributed by atoms with Gasteiger partial charge in [0.2, 0.25) is 5.96 Å². The van der Waals surface area contributed by atoms with Gasteiger partial charge in [-0.1, -0.05) is 133 Å². The first-order chi connectivity index (χ1) is 25.3. The van der Waals surface area contributed by atoms with Crippen molar-refractivity contribution in [3.05, 3.63) is 169 Å². The summed E-state index contributed by atoms with van der Waals surface area (Å²) >= 11 is 1.84. The molecule has 0 amide bonds. The van der Waals surface area contributed by atoms with E-state index in [0.29, 0.717) is 5.96 Å². The fraction of sp³-hybridized carbons (Fsp3) is 0.0222. The van der Waals surface area contributed by atoms with Gasteiger partial charge < -0.3 is 9.73 Å². The van der Waals surface area contributed by atoms with Gasteiger partial charge in [-0.15, -0.1) is 11.3 Å². The summed E-state index contributed by atoms with van der Waals surface area (Å²) in [6, 6.07) is 55.3. The molecule has 0 bridgehead atoms. The molecule has 7 aromatic carbocycles. The number of aromatic nitrogens is 1. The highest BCUT2D eigenvalue weighted by Gasteiger charge is 2.26. The highest BCUT2D eigenvalue weighted by molar-refractivity contribution is 7.26. The van der Waals surface area contributed by atoms with Crippen LogP contribution < -0.4 is 5.32 Å². The van der Waals surface area contributed by atoms with Crippen LogP contribution in [-0.4, -0.2) is 16.4 Å². The van der Waals surface area contributed by atoms with E-state index >= 15 is 0 Å². The van der Waals surface area contributed by atoms with Crippen molar-refractivity contribution >= 4 is 87.0 Å². The fourth-order valence-electron chi connectivity index (χ4n) is 7.83. The zero-order valence-electron chi connectivity index (χ0n) is 27.2. The molecule has 5 nitrogen and oxygen atoms in total. The molecule has 1 N–H and O–H groups in total. The van der Waals surface area contributed by atoms with Crippen molar-refractivity contribution in [3.63, 3.8) is 0 Å². The summed E-state index contributed by atoms with van der Waals surface area (Å²) in [4.78, 5) is 10.6. The minimum Gasteiger partial charge on any atom is -0.455 e. The third kappa shape index (κ3) is 4.27. The maximum atomic E-state index is 6.80. The number of furan rings is 1. The van der Waals surface area contributed by atoms with E-state index in [1.807, 2.05) is 17.4 Å². The number of amidine groups is 1. The maximum Gasteiger partial charge on any atom is 0.234 e. The van der Waals surface area contributed by atoms with Crippen molar-refractivity contribution < 1.29 is 4.42 Å². The molecule has 3 aromatic heterocycles. The summed E-state index contributed by atoms with van der Waals surface area (Å²) in [6.07, 6.45) is -0.344. The van der Waals surface area contributed by atoms with Crippen molar-refractivity contribution in [2.24, 2.45) is 9.98 Å². The molecule has 0 saturated carbocycles. The number of aliphatic imine (C=N–C) groups is 2. The maximum absolute atomic E-state index is 6.80. The van der Waals surface area contributed by atoms with E-state index in [2.05, 4.69) is 162 Å². The molecule has 0 fully saturated rings. The Hall–Kier alpha value is -6.50. The van der Waals surface area contributed by atoms with E-state index in [-0.39, 0.29) is 6.17 Å². The average molecular weight is 673 g/mol. The topological polar surface area (TPSA) is 54.8 Å². The number of para-hydroxylation sites is 3. The smallest absolute Gasteiger partial charge is 0.234 e. The molecular weight excluding hydrogens is 645 g/mol. The highest BCUT2D eigenvalue weighted by atomic mass is 32.1. The summed E-state index contributed by atoms with van der Waals surface area (Å²) in [5, 5.41) is 10.7. The Morgan fingerprint density at radius 3 is 1.98 bits per heavy atom. The second kappa shape index (κ2) is 11.0. The molecule has 0 spiro atoms. The Bertz CT molecular complexity index is 3020. The molecule has 0 radical (unpaired) electrons. The van der Waals surface area contributed by atoms with Gasteiger partial charge in [0.15, 0.2) is 0 Å². The number of hydrogen-bond donors (Lipinski definition) is 1. The molecule has 1 aliphatic heterocycles. The van der Waals surface area contributed by atoms with Crippen LogP contribution in [0.2, 0.25) is 0 Å². The van der Waals surface area contributed by atoms with Gasteiger partial charge in [0.25, 0.3) is 0 Å². The predicted octanol–water partition coefficient (Wildman–Crippen LogP) is 11.7. The van der Waals surface area contributed by atoms with Gasteiger partial charge in [-0.3, -0.25) is 4.57 Å². The minimum atomic E-state index is -0.344. The highest BCUT2D eigenvalue weighted by Crippen LogP contribution is 2.44. The first kappa shape index (κ1) is 28.3. The normalized spacial score (nSPS) is 14.9. The van der Waals surface area contributed by atoms with Gasteiger partial charge in [0.1, 0.15) is 23.2 Å². The Labute approximate surface area is 296 Å². The van der Waals surface area contributed by atoms with Gasteiger partial charge in [0, 0.05) is 58.4 Å². The first-order valence-electron chi connectivity index (χ1n) is 17.1. The summed E-state index contributed by atoms with van der Waals surface area (Å²) in [6.45, 7) is 0. The summed E-state index contributed by atoms with van der Waals surface area (Å²) in [7, 11) is 0. The quantitative estimate of drug-likeness (QED) is 0.203. The summed E-state index contributed by atoms with van der Waals surface area (Å²) in [5.74, 6) is 1.39. The lowest BCUT2D eigenvalue weighted by atomic mass is 9.99. The Morgan fingerprint density at radius 1 is 0.549 bits per heavy atom. The fourth-order valence-corrected chi connectivity index (χ4v) is 9.06. The molecule has 1 atom stereocenters. The molecule has 11 rings (SSSR count). The zero-order chi connectivity index (χ0) is 33.5. The summed E-state index contributed by atoms with van der Waals surface area (Å²) < 4.78 is 11.6. The molecule has 51 heavy (non-hydrogen) atoms. The molecule has 4 heterocycles. The van der Waals surface area contributed by atoms with Gasteiger partial charge in [-0.2, -0.15) is 4.99 Å². The van der Waals surface area contributed by atoms with Gasteiger partial charge in [-0.05, 0) is 29.8 Å². The third-order valence-electron chi connectivity index (χ3n) is 10.1. The number of rotatable bonds is 3. The van der Waals surface area contributed by atoms with E-state index in [9.17, 15) is 0 Å². The zero-order valence-corrected chi connectivity index (χ0v) is 28.1. The molecule has 240 valence electrons. The molecule has 6 heteroatoms. The van der Waals surface area contributed by atoms with E-state index in [4.69, 9.17) is 14.4 Å². The SMILES string of the molecule is c1ccc(C2N=C(n3c4ccccc4c4ccccc43)N=C(c3cccc4oc5c(-c6cccc7c6sc6ccccc67)cccc5c34)N2)cc1. The van der Waals surface area contributed by atoms with Crippen LogP contribution >= 0.6 is 11.3 Å². The van der Waals surface area contributed by atoms with Crippen LogP contribution in [0.3, 0.4) is 0 Å². The monoisotopic (exact) mass is 672 g/mol. The van der Waals surface area contributed by atoms with Crippen molar-refractivity contribution in [2.45, 2.75) is 6.17 Å². The van der Waals surface area contributed by atoms with E-state index in [1.165, 1.54) is 36.5 Å². The lowest BCUT2D eigenvalue weighted by Crippen LogP contribution is -2.35. The number of nitrogens with zero attached hydrogens (tertiary/aromatic N) is 3. The molecule has 1 aliphatic rings. The van der Waals surface area contributed by atoms with Crippen molar-refractivity contribution in [1.82, 2.24) is 9.88 Å². The standard InChI is InChI=1S/C45H28N4OS/c1-2-13-27(14-3-1)43-46-44(48-45(47-43)49-36-23-7-4-15-28(36)29-16-5-8-24-37(29)49)35-22-12-25-38-40(35)34-21-10-18-31(41(34)50-38)33-20-11-19-32-30-17-6-9-26-39(30)51-42(32)33/h1-26,43H,(H,46,47,48). The Balaban J connectivity index is 1.14. The summed E-state index contributed by atoms with van der Waals surface area (Å²) in [5.41, 5.74) is 8.13. The lowest BCUT2D eigenvalue weighted by Gasteiger charge is -2.24. The van der Waals surface area contributed by atoms with Gasteiger partial charge in [0.05, 0.1) is 11.0 Å². The Kier molecular flexibility index (Phi) is 6.12. The second-order valence-electron chi connectivity index (χ2n) is 13.0. The average Bonchev–Trinajstić information content (AvgIpc) is 3.88. The van der Waals surface area contributed by atoms with Crippen LogP contribution in [0.1, 0.15) is 17.3 Å². The molecule has 0 aliphatic carbocycles. The van der Waals surface area contributed by atoms with Crippen LogP contribution in [-0.2, 0) is 0 Å². The number of fused-ring (bicyclic) bond motifs is 9. The van der Waals surface area contributed by atoms with Crippen LogP contribution in [0.4, 0.5) is 0 Å². The third-order valence-corrected chi connectivity index (χ3v) is 11.3. The lowest BCUT2D eigenvalue weighted by molar-refractivity contribution is 0.666. The van der Waals surface area contributed by atoms with Crippen LogP contribution in [0.5, 0.6) is 0 Å². The number of benzene rings is 7. The molecule has 0 saturated heterocycles. The number of nitrogens with one attached hydrogen (secondary N) is 1. The van der Waals surface area contributed by atoms with Gasteiger partial charge >= 0.3 is 0 Å². The minimum absolute atomic E-state index is 0.344. The Morgan fingerprint density at radius 2 is 1.18 bits per heavy atom. The molecular formula is C45H28N4OS. The van der Waals surface area contributed by atoms with Crippen molar-refractivity contribution in [3.8, 4) is 11.1 Å². The van der Waals surface area contributed by atoms with Crippen LogP contribution in [0.15, 0.2) is 172 Å². The van der Waals surface area contributed by atoms with Crippen LogP contribution in [0, 0.1) is 0 Å². The van der Waals surface area contributed by atoms with Crippen LogP contribution in [0.25, 0.3) is 75.0 Å². The van der Waals surface area contributed by atoms with Crippen molar-refractivity contribution in [1.29, 1.82) is 0 Å². The predicted molar refractivity (Wildman–Crippen MR) is 213 cm³/mol. The molecule has 10 aromatic rings. The van der Waals surface area contributed by atoms with E-state index < -0.39 is 0 Å².